The molecule has 0 saturated carbocycles. The fourth-order valence-electron chi connectivity index (χ4n) is 8.44. The van der Waals surface area contributed by atoms with Gasteiger partial charge in [-0.2, -0.15) is 0 Å². The van der Waals surface area contributed by atoms with Gasteiger partial charge in [0.15, 0.2) is 0 Å². The van der Waals surface area contributed by atoms with Crippen LogP contribution in [0.25, 0.3) is 72.8 Å². The third-order valence-corrected chi connectivity index (χ3v) is 11.1. The molecule has 0 atom stereocenters. The van der Waals surface area contributed by atoms with Gasteiger partial charge in [-0.15, -0.1) is 0 Å². The Morgan fingerprint density at radius 2 is 1.07 bits per heavy atom. The lowest BCUT2D eigenvalue weighted by Gasteiger charge is -2.28. The average Bonchev–Trinajstić information content (AvgIpc) is 3.26. The monoisotopic (exact) mass is 701 g/mol. The molecular formula is C54H39N. The number of anilines is 3. The van der Waals surface area contributed by atoms with Gasteiger partial charge in [-0.25, -0.2) is 0 Å². The summed E-state index contributed by atoms with van der Waals surface area (Å²) in [4.78, 5) is 2.40. The van der Waals surface area contributed by atoms with Gasteiger partial charge in [0.25, 0.3) is 0 Å². The number of nitrogens with zero attached hydrogens (tertiary/aromatic N) is 1. The van der Waals surface area contributed by atoms with Crippen molar-refractivity contribution in [2.24, 2.45) is 0 Å². The summed E-state index contributed by atoms with van der Waals surface area (Å²) in [5.74, 6) is 0. The van der Waals surface area contributed by atoms with Gasteiger partial charge in [-0.1, -0.05) is 182 Å². The van der Waals surface area contributed by atoms with E-state index >= 15 is 0 Å². The molecule has 0 bridgehead atoms. The van der Waals surface area contributed by atoms with Gasteiger partial charge in [0.2, 0.25) is 0 Å². The van der Waals surface area contributed by atoms with Crippen LogP contribution in [-0.4, -0.2) is 0 Å². The molecule has 260 valence electrons. The van der Waals surface area contributed by atoms with Crippen molar-refractivity contribution in [2.45, 2.75) is 12.8 Å². The molecule has 0 radical (unpaired) electrons. The van der Waals surface area contributed by atoms with Crippen LogP contribution >= 0.6 is 0 Å². The highest BCUT2D eigenvalue weighted by Crippen LogP contribution is 2.43. The number of hydrogen-bond donors (Lipinski definition) is 0. The van der Waals surface area contributed by atoms with Crippen LogP contribution in [0.15, 0.2) is 194 Å². The zero-order chi connectivity index (χ0) is 36.6. The minimum atomic E-state index is 1.08. The van der Waals surface area contributed by atoms with E-state index in [4.69, 9.17) is 0 Å². The lowest BCUT2D eigenvalue weighted by atomic mass is 9.87. The Morgan fingerprint density at radius 3 is 1.84 bits per heavy atom. The molecule has 1 aliphatic carbocycles. The Kier molecular flexibility index (Phi) is 8.39. The molecule has 0 aromatic heterocycles. The summed E-state index contributed by atoms with van der Waals surface area (Å²) in [6.07, 6.45) is 11.3. The van der Waals surface area contributed by atoms with Gasteiger partial charge in [0, 0.05) is 16.8 Å². The smallest absolute Gasteiger partial charge is 0.0540 e. The Bertz CT molecular complexity index is 2880. The van der Waals surface area contributed by atoms with Crippen LogP contribution in [-0.2, 0) is 6.42 Å². The summed E-state index contributed by atoms with van der Waals surface area (Å²) in [6, 6.07) is 68.4. The molecule has 0 heterocycles. The van der Waals surface area contributed by atoms with E-state index in [2.05, 4.69) is 217 Å². The van der Waals surface area contributed by atoms with Gasteiger partial charge < -0.3 is 4.90 Å². The van der Waals surface area contributed by atoms with Crippen LogP contribution in [0.1, 0.15) is 28.7 Å². The highest BCUT2D eigenvalue weighted by atomic mass is 15.1. The number of aryl methyl sites for hydroxylation is 1. The summed E-state index contributed by atoms with van der Waals surface area (Å²) in [7, 11) is 0. The summed E-state index contributed by atoms with van der Waals surface area (Å²) in [5.41, 5.74) is 13.5. The van der Waals surface area contributed by atoms with E-state index in [0.717, 1.165) is 35.5 Å². The molecule has 0 spiro atoms. The molecule has 0 unspecified atom stereocenters. The van der Waals surface area contributed by atoms with Crippen molar-refractivity contribution in [3.05, 3.63) is 216 Å². The van der Waals surface area contributed by atoms with Gasteiger partial charge in [0.1, 0.15) is 0 Å². The van der Waals surface area contributed by atoms with E-state index in [9.17, 15) is 0 Å². The first-order chi connectivity index (χ1) is 27.3. The molecule has 10 rings (SSSR count). The first kappa shape index (κ1) is 32.7. The van der Waals surface area contributed by atoms with Crippen LogP contribution in [0.4, 0.5) is 17.1 Å². The van der Waals surface area contributed by atoms with E-state index < -0.39 is 0 Å². The third kappa shape index (κ3) is 6.10. The SMILES string of the molecule is C1=Cc2ccc3ccc4cccc(C=Cc5ccc(N(c6ccc(-c7ccccc7)cc6)c6ccc(-c7ccccc7)c7ccccc67)cc5)c4c3c2CC1. The maximum atomic E-state index is 2.40. The zero-order valence-electron chi connectivity index (χ0n) is 30.6. The van der Waals surface area contributed by atoms with E-state index in [1.165, 1.54) is 71.3 Å². The molecule has 9 aromatic rings. The lowest BCUT2D eigenvalue weighted by molar-refractivity contribution is 0.998. The molecular weight excluding hydrogens is 663 g/mol. The molecule has 0 fully saturated rings. The number of hydrogen-bond acceptors (Lipinski definition) is 1. The van der Waals surface area contributed by atoms with E-state index in [0.29, 0.717) is 0 Å². The second-order valence-electron chi connectivity index (χ2n) is 14.4. The van der Waals surface area contributed by atoms with Crippen molar-refractivity contribution in [3.63, 3.8) is 0 Å². The predicted octanol–water partition coefficient (Wildman–Crippen LogP) is 15.1. The van der Waals surface area contributed by atoms with Gasteiger partial charge >= 0.3 is 0 Å². The number of benzene rings is 9. The lowest BCUT2D eigenvalue weighted by Crippen LogP contribution is -2.10. The molecule has 1 heteroatoms. The van der Waals surface area contributed by atoms with Crippen LogP contribution in [0.3, 0.4) is 0 Å². The van der Waals surface area contributed by atoms with Crippen molar-refractivity contribution < 1.29 is 0 Å². The molecule has 1 aliphatic rings. The van der Waals surface area contributed by atoms with E-state index in [-0.39, 0.29) is 0 Å². The predicted molar refractivity (Wildman–Crippen MR) is 237 cm³/mol. The standard InChI is InChI=1S/C54H39N/c1-3-12-39(13-4-1)40-30-34-47(35-31-40)55(52-37-36-48(41-14-5-2-6-15-41)50-20-9-10-21-51(50)52)46-32-23-38(24-33-46)22-25-43-17-11-18-44-28-29-45-27-26-42-16-7-8-19-49(42)54(45)53(43)44/h1-7,9-18,20-37H,8,19H2. The van der Waals surface area contributed by atoms with E-state index in [1.54, 1.807) is 0 Å². The summed E-state index contributed by atoms with van der Waals surface area (Å²) in [6.45, 7) is 0. The summed E-state index contributed by atoms with van der Waals surface area (Å²) in [5, 5.41) is 7.78. The van der Waals surface area contributed by atoms with Gasteiger partial charge in [0.05, 0.1) is 5.69 Å². The molecule has 55 heavy (non-hydrogen) atoms. The Hall–Kier alpha value is -6.96. The van der Waals surface area contributed by atoms with Gasteiger partial charge in [-0.3, -0.25) is 0 Å². The van der Waals surface area contributed by atoms with Crippen molar-refractivity contribution >= 4 is 67.6 Å². The van der Waals surface area contributed by atoms with Crippen LogP contribution in [0, 0.1) is 0 Å². The van der Waals surface area contributed by atoms with Crippen LogP contribution in [0.5, 0.6) is 0 Å². The average molecular weight is 702 g/mol. The topological polar surface area (TPSA) is 3.24 Å². The first-order valence-corrected chi connectivity index (χ1v) is 19.2. The number of rotatable bonds is 7. The number of fused-ring (bicyclic) bond motifs is 6. The molecule has 0 amide bonds. The minimum absolute atomic E-state index is 1.08. The van der Waals surface area contributed by atoms with Crippen molar-refractivity contribution in [2.75, 3.05) is 4.90 Å². The highest BCUT2D eigenvalue weighted by Gasteiger charge is 2.18. The Labute approximate surface area is 322 Å². The summed E-state index contributed by atoms with van der Waals surface area (Å²) < 4.78 is 0. The maximum Gasteiger partial charge on any atom is 0.0540 e. The fraction of sp³-hybridized carbons (Fsp3) is 0.0370. The molecule has 1 nitrogen and oxygen atoms in total. The van der Waals surface area contributed by atoms with Crippen LogP contribution < -0.4 is 4.90 Å². The molecule has 9 aromatic carbocycles. The second-order valence-corrected chi connectivity index (χ2v) is 14.4. The molecule has 0 aliphatic heterocycles. The summed E-state index contributed by atoms with van der Waals surface area (Å²) >= 11 is 0. The third-order valence-electron chi connectivity index (χ3n) is 11.1. The van der Waals surface area contributed by atoms with Crippen molar-refractivity contribution in [1.82, 2.24) is 0 Å². The van der Waals surface area contributed by atoms with Crippen molar-refractivity contribution in [1.29, 1.82) is 0 Å². The highest BCUT2D eigenvalue weighted by molar-refractivity contribution is 6.14. The quantitative estimate of drug-likeness (QED) is 0.118. The Morgan fingerprint density at radius 1 is 0.436 bits per heavy atom. The number of allylic oxidation sites excluding steroid dienone is 1. The normalized spacial score (nSPS) is 12.4. The molecule has 0 N–H and O–H groups in total. The largest absolute Gasteiger partial charge is 0.310 e. The Balaban J connectivity index is 1.06. The second kappa shape index (κ2) is 14.1. The van der Waals surface area contributed by atoms with Gasteiger partial charge in [-0.05, 0) is 115 Å². The fourth-order valence-corrected chi connectivity index (χ4v) is 8.44. The van der Waals surface area contributed by atoms with Crippen LogP contribution in [0.2, 0.25) is 0 Å². The van der Waals surface area contributed by atoms with E-state index in [1.807, 2.05) is 0 Å². The van der Waals surface area contributed by atoms with Crippen molar-refractivity contribution in [3.8, 4) is 22.3 Å². The first-order valence-electron chi connectivity index (χ1n) is 19.2. The zero-order valence-corrected chi connectivity index (χ0v) is 30.6. The molecule has 0 saturated heterocycles. The minimum Gasteiger partial charge on any atom is -0.310 e. The maximum absolute atomic E-state index is 2.40.